The largest absolute Gasteiger partial charge is 0.346 e. The molecule has 0 radical (unpaired) electrons. The number of allylic oxidation sites excluding steroid dienone is 2. The summed E-state index contributed by atoms with van der Waals surface area (Å²) >= 11 is 0. The first-order chi connectivity index (χ1) is 23.9. The second-order valence-corrected chi connectivity index (χ2v) is 14.8. The summed E-state index contributed by atoms with van der Waals surface area (Å²) in [5.74, 6) is -0.259. The van der Waals surface area contributed by atoms with Crippen molar-refractivity contribution in [1.82, 2.24) is 15.5 Å². The lowest BCUT2D eigenvalue weighted by molar-refractivity contribution is -0.133. The molecule has 290 valence electrons. The number of hydrogen-bond acceptors (Lipinski definition) is 5. The van der Waals surface area contributed by atoms with Gasteiger partial charge >= 0.3 is 0 Å². The standard InChI is InChI=1S/C42H85N5O2/c1-4-6-8-10-12-14-16-18-20-21-23-25-27-29-31-33-37-47(41(48)38-46-42(49)40(44)34-35-45-39(3)43)36-32-30-28-26-24-22-19-17-15-13-11-9-7-5-2/h18,20,39-40,45H,4-17,19,21-38,43-44H2,1-3H3,(H,46,49)/b20-18-. The number of hydrogen-bond donors (Lipinski definition) is 4. The molecular formula is C42H85N5O2. The highest BCUT2D eigenvalue weighted by Crippen LogP contribution is 2.14. The highest BCUT2D eigenvalue weighted by Gasteiger charge is 2.17. The molecule has 2 amide bonds. The Bertz CT molecular complexity index is 745. The topological polar surface area (TPSA) is 113 Å². The van der Waals surface area contributed by atoms with Crippen LogP contribution in [-0.4, -0.2) is 55.1 Å². The molecule has 0 aromatic heterocycles. The average molecular weight is 692 g/mol. The second kappa shape index (κ2) is 37.8. The fraction of sp³-hybridized carbons (Fsp3) is 0.905. The van der Waals surface area contributed by atoms with Crippen molar-refractivity contribution >= 4 is 11.8 Å². The van der Waals surface area contributed by atoms with Gasteiger partial charge in [-0.3, -0.25) is 9.59 Å². The fourth-order valence-corrected chi connectivity index (χ4v) is 6.41. The Morgan fingerprint density at radius 1 is 0.571 bits per heavy atom. The van der Waals surface area contributed by atoms with Gasteiger partial charge < -0.3 is 27.0 Å². The number of nitrogens with two attached hydrogens (primary N) is 2. The van der Waals surface area contributed by atoms with Crippen molar-refractivity contribution in [3.63, 3.8) is 0 Å². The van der Waals surface area contributed by atoms with Gasteiger partial charge in [-0.1, -0.05) is 167 Å². The summed E-state index contributed by atoms with van der Waals surface area (Å²) in [6.45, 7) is 8.56. The normalized spacial score (nSPS) is 12.8. The van der Waals surface area contributed by atoms with Gasteiger partial charge in [-0.05, 0) is 58.4 Å². The molecule has 0 saturated carbocycles. The zero-order chi connectivity index (χ0) is 36.0. The lowest BCUT2D eigenvalue weighted by Crippen LogP contribution is -2.47. The third-order valence-electron chi connectivity index (χ3n) is 9.75. The molecule has 49 heavy (non-hydrogen) atoms. The van der Waals surface area contributed by atoms with E-state index >= 15 is 0 Å². The lowest BCUT2D eigenvalue weighted by Gasteiger charge is -2.23. The molecule has 6 N–H and O–H groups in total. The molecule has 0 saturated heterocycles. The highest BCUT2D eigenvalue weighted by molar-refractivity contribution is 5.87. The van der Waals surface area contributed by atoms with Crippen LogP contribution in [0, 0.1) is 0 Å². The summed E-state index contributed by atoms with van der Waals surface area (Å²) in [4.78, 5) is 27.6. The molecule has 0 aromatic rings. The number of nitrogens with zero attached hydrogens (tertiary/aromatic N) is 1. The molecule has 0 aliphatic heterocycles. The molecule has 0 spiro atoms. The van der Waals surface area contributed by atoms with Gasteiger partial charge in [0.25, 0.3) is 0 Å². The zero-order valence-corrected chi connectivity index (χ0v) is 33.1. The van der Waals surface area contributed by atoms with Crippen molar-refractivity contribution in [2.24, 2.45) is 11.5 Å². The van der Waals surface area contributed by atoms with E-state index in [1.807, 2.05) is 11.8 Å². The number of amides is 2. The maximum Gasteiger partial charge on any atom is 0.241 e. The Morgan fingerprint density at radius 3 is 1.33 bits per heavy atom. The van der Waals surface area contributed by atoms with Gasteiger partial charge in [-0.2, -0.15) is 0 Å². The quantitative estimate of drug-likeness (QED) is 0.0292. The summed E-state index contributed by atoms with van der Waals surface area (Å²) in [6.07, 6.45) is 41.6. The van der Waals surface area contributed by atoms with Crippen LogP contribution in [0.25, 0.3) is 0 Å². The van der Waals surface area contributed by atoms with Gasteiger partial charge in [-0.15, -0.1) is 0 Å². The molecule has 0 rings (SSSR count). The van der Waals surface area contributed by atoms with Crippen molar-refractivity contribution in [3.8, 4) is 0 Å². The number of carbonyl (C=O) groups is 2. The SMILES string of the molecule is CCCCCCCC/C=C\CCCCCCCCN(CCCCCCCCCCCCCCCC)C(=O)CNC(=O)C(N)CCNC(C)N. The predicted octanol–water partition coefficient (Wildman–Crippen LogP) is 10.1. The minimum Gasteiger partial charge on any atom is -0.346 e. The molecule has 0 aliphatic carbocycles. The fourth-order valence-electron chi connectivity index (χ4n) is 6.41. The molecule has 2 unspecified atom stereocenters. The van der Waals surface area contributed by atoms with Crippen LogP contribution >= 0.6 is 0 Å². The summed E-state index contributed by atoms with van der Waals surface area (Å²) in [5.41, 5.74) is 11.8. The summed E-state index contributed by atoms with van der Waals surface area (Å²) < 4.78 is 0. The molecule has 7 heteroatoms. The van der Waals surface area contributed by atoms with E-state index in [1.54, 1.807) is 0 Å². The molecular weight excluding hydrogens is 606 g/mol. The third-order valence-corrected chi connectivity index (χ3v) is 9.75. The summed E-state index contributed by atoms with van der Waals surface area (Å²) in [5, 5.41) is 5.87. The van der Waals surface area contributed by atoms with Gasteiger partial charge in [0.2, 0.25) is 11.8 Å². The highest BCUT2D eigenvalue weighted by atomic mass is 16.2. The summed E-state index contributed by atoms with van der Waals surface area (Å²) in [7, 11) is 0. The molecule has 0 aliphatic rings. The van der Waals surface area contributed by atoms with E-state index in [4.69, 9.17) is 11.5 Å². The Kier molecular flexibility index (Phi) is 36.7. The Balaban J connectivity index is 4.26. The van der Waals surface area contributed by atoms with Crippen molar-refractivity contribution in [2.75, 3.05) is 26.2 Å². The Hall–Kier alpha value is -1.44. The van der Waals surface area contributed by atoms with E-state index in [1.165, 1.54) is 161 Å². The van der Waals surface area contributed by atoms with E-state index < -0.39 is 6.04 Å². The van der Waals surface area contributed by atoms with Gasteiger partial charge in [0, 0.05) is 13.1 Å². The van der Waals surface area contributed by atoms with Crippen molar-refractivity contribution in [2.45, 2.75) is 219 Å². The number of carbonyl (C=O) groups excluding carboxylic acids is 2. The van der Waals surface area contributed by atoms with Crippen LogP contribution in [0.1, 0.15) is 207 Å². The van der Waals surface area contributed by atoms with Crippen LogP contribution in [0.3, 0.4) is 0 Å². The van der Waals surface area contributed by atoms with E-state index in [9.17, 15) is 9.59 Å². The average Bonchev–Trinajstić information content (AvgIpc) is 3.09. The lowest BCUT2D eigenvalue weighted by atomic mass is 10.0. The molecule has 7 nitrogen and oxygen atoms in total. The molecule has 0 heterocycles. The molecule has 2 atom stereocenters. The van der Waals surface area contributed by atoms with Crippen LogP contribution in [0.5, 0.6) is 0 Å². The number of unbranched alkanes of at least 4 members (excludes halogenated alkanes) is 25. The smallest absolute Gasteiger partial charge is 0.241 e. The van der Waals surface area contributed by atoms with Crippen molar-refractivity contribution in [3.05, 3.63) is 12.2 Å². The number of rotatable bonds is 38. The first kappa shape index (κ1) is 47.6. The third kappa shape index (κ3) is 34.8. The summed E-state index contributed by atoms with van der Waals surface area (Å²) in [6, 6.07) is -0.644. The van der Waals surface area contributed by atoms with Crippen LogP contribution in [0.4, 0.5) is 0 Å². The zero-order valence-electron chi connectivity index (χ0n) is 33.1. The second-order valence-electron chi connectivity index (χ2n) is 14.8. The van der Waals surface area contributed by atoms with Gasteiger partial charge in [-0.25, -0.2) is 0 Å². The van der Waals surface area contributed by atoms with Crippen LogP contribution in [-0.2, 0) is 9.59 Å². The molecule has 0 bridgehead atoms. The van der Waals surface area contributed by atoms with E-state index in [0.29, 0.717) is 13.0 Å². The minimum atomic E-state index is -0.644. The Labute approximate surface area is 305 Å². The Morgan fingerprint density at radius 2 is 0.939 bits per heavy atom. The first-order valence-electron chi connectivity index (χ1n) is 21.4. The van der Waals surface area contributed by atoms with Gasteiger partial charge in [0.15, 0.2) is 0 Å². The van der Waals surface area contributed by atoms with Crippen LogP contribution < -0.4 is 22.1 Å². The predicted molar refractivity (Wildman–Crippen MR) is 214 cm³/mol. The van der Waals surface area contributed by atoms with Gasteiger partial charge in [0.05, 0.1) is 18.8 Å². The van der Waals surface area contributed by atoms with Gasteiger partial charge in [0.1, 0.15) is 0 Å². The first-order valence-corrected chi connectivity index (χ1v) is 21.4. The minimum absolute atomic E-state index is 0.0108. The van der Waals surface area contributed by atoms with Crippen molar-refractivity contribution in [1.29, 1.82) is 0 Å². The van der Waals surface area contributed by atoms with E-state index in [-0.39, 0.29) is 24.5 Å². The van der Waals surface area contributed by atoms with Crippen LogP contribution in [0.15, 0.2) is 12.2 Å². The van der Waals surface area contributed by atoms with Crippen molar-refractivity contribution < 1.29 is 9.59 Å². The monoisotopic (exact) mass is 692 g/mol. The van der Waals surface area contributed by atoms with E-state index in [2.05, 4.69) is 36.6 Å². The van der Waals surface area contributed by atoms with E-state index in [0.717, 1.165) is 32.4 Å². The van der Waals surface area contributed by atoms with Crippen LogP contribution in [0.2, 0.25) is 0 Å². The maximum absolute atomic E-state index is 13.2. The molecule has 0 aromatic carbocycles. The number of nitrogens with one attached hydrogen (secondary N) is 2. The molecule has 0 fully saturated rings. The maximum atomic E-state index is 13.2.